The summed E-state index contributed by atoms with van der Waals surface area (Å²) >= 11 is 0. The Morgan fingerprint density at radius 3 is 2.38 bits per heavy atom. The SMILES string of the molecule is CCOC(=O)N1CCN(C(=NC)NCCCOC)CC1.I. The molecule has 1 N–H and O–H groups in total. The number of amides is 1. The number of guanidine groups is 1. The number of piperazine rings is 1. The monoisotopic (exact) mass is 414 g/mol. The number of hydrogen-bond donors (Lipinski definition) is 1. The Bertz CT molecular complexity index is 321. The van der Waals surface area contributed by atoms with Crippen molar-refractivity contribution >= 4 is 36.0 Å². The van der Waals surface area contributed by atoms with Gasteiger partial charge < -0.3 is 24.6 Å². The van der Waals surface area contributed by atoms with Crippen molar-refractivity contribution < 1.29 is 14.3 Å². The molecule has 1 amide bonds. The number of carbonyl (C=O) groups is 1. The quantitative estimate of drug-likeness (QED) is 0.315. The highest BCUT2D eigenvalue weighted by atomic mass is 127. The average Bonchev–Trinajstić information content (AvgIpc) is 2.48. The van der Waals surface area contributed by atoms with Crippen molar-refractivity contribution in [3.63, 3.8) is 0 Å². The number of halogens is 1. The van der Waals surface area contributed by atoms with Crippen molar-refractivity contribution in [3.05, 3.63) is 0 Å². The maximum absolute atomic E-state index is 11.6. The lowest BCUT2D eigenvalue weighted by molar-refractivity contribution is 0.0914. The van der Waals surface area contributed by atoms with E-state index in [1.807, 2.05) is 6.92 Å². The summed E-state index contributed by atoms with van der Waals surface area (Å²) in [5.74, 6) is 0.879. The molecule has 0 aromatic heterocycles. The molecule has 0 aliphatic carbocycles. The summed E-state index contributed by atoms with van der Waals surface area (Å²) in [7, 11) is 3.47. The number of carbonyl (C=O) groups excluding carboxylic acids is 1. The lowest BCUT2D eigenvalue weighted by atomic mass is 10.3. The van der Waals surface area contributed by atoms with E-state index in [1.165, 1.54) is 0 Å². The largest absolute Gasteiger partial charge is 0.450 e. The van der Waals surface area contributed by atoms with Crippen molar-refractivity contribution in [3.8, 4) is 0 Å². The molecule has 1 aliphatic heterocycles. The van der Waals surface area contributed by atoms with Crippen LogP contribution in [0, 0.1) is 0 Å². The molecule has 1 heterocycles. The molecule has 8 heteroatoms. The molecule has 0 radical (unpaired) electrons. The standard InChI is InChI=1S/C13H26N4O3.HI/c1-4-20-13(18)17-9-7-16(8-10-17)12(14-2)15-6-5-11-19-3;/h4-11H2,1-3H3,(H,14,15);1H. The minimum atomic E-state index is -0.227. The molecule has 7 nitrogen and oxygen atoms in total. The van der Waals surface area contributed by atoms with Crippen LogP contribution < -0.4 is 5.32 Å². The molecule has 124 valence electrons. The molecule has 1 fully saturated rings. The Kier molecular flexibility index (Phi) is 11.4. The number of methoxy groups -OCH3 is 1. The molecular formula is C13H27IN4O3. The van der Waals surface area contributed by atoms with E-state index in [4.69, 9.17) is 9.47 Å². The summed E-state index contributed by atoms with van der Waals surface area (Å²) in [6, 6.07) is 0. The first-order chi connectivity index (χ1) is 9.72. The van der Waals surface area contributed by atoms with Gasteiger partial charge in [-0.2, -0.15) is 0 Å². The molecular weight excluding hydrogens is 387 g/mol. The minimum absolute atomic E-state index is 0. The van der Waals surface area contributed by atoms with E-state index in [2.05, 4.69) is 15.2 Å². The Hall–Kier alpha value is -0.770. The van der Waals surface area contributed by atoms with E-state index in [1.54, 1.807) is 19.1 Å². The summed E-state index contributed by atoms with van der Waals surface area (Å²) in [4.78, 5) is 19.8. The zero-order chi connectivity index (χ0) is 14.8. The van der Waals surface area contributed by atoms with Gasteiger partial charge in [-0.05, 0) is 13.3 Å². The first-order valence-corrected chi connectivity index (χ1v) is 7.09. The van der Waals surface area contributed by atoms with E-state index in [0.29, 0.717) is 19.7 Å². The van der Waals surface area contributed by atoms with E-state index >= 15 is 0 Å². The van der Waals surface area contributed by atoms with Gasteiger partial charge in [-0.25, -0.2) is 4.79 Å². The van der Waals surface area contributed by atoms with Gasteiger partial charge in [0.05, 0.1) is 6.61 Å². The van der Waals surface area contributed by atoms with Gasteiger partial charge in [0.1, 0.15) is 0 Å². The zero-order valence-electron chi connectivity index (χ0n) is 13.1. The van der Waals surface area contributed by atoms with Crippen molar-refractivity contribution in [2.75, 3.05) is 60.1 Å². The summed E-state index contributed by atoms with van der Waals surface area (Å²) in [6.45, 7) is 6.67. The van der Waals surface area contributed by atoms with E-state index < -0.39 is 0 Å². The summed E-state index contributed by atoms with van der Waals surface area (Å²) in [5.41, 5.74) is 0. The van der Waals surface area contributed by atoms with Crippen molar-refractivity contribution in [2.24, 2.45) is 4.99 Å². The van der Waals surface area contributed by atoms with Crippen molar-refractivity contribution in [1.29, 1.82) is 0 Å². The van der Waals surface area contributed by atoms with Gasteiger partial charge in [0.25, 0.3) is 0 Å². The topological polar surface area (TPSA) is 66.4 Å². The first-order valence-electron chi connectivity index (χ1n) is 7.09. The normalized spacial score (nSPS) is 15.5. The smallest absolute Gasteiger partial charge is 0.409 e. The highest BCUT2D eigenvalue weighted by Crippen LogP contribution is 2.04. The van der Waals surface area contributed by atoms with E-state index in [9.17, 15) is 4.79 Å². The van der Waals surface area contributed by atoms with Crippen LogP contribution in [0.1, 0.15) is 13.3 Å². The minimum Gasteiger partial charge on any atom is -0.450 e. The molecule has 0 bridgehead atoms. The molecule has 21 heavy (non-hydrogen) atoms. The first kappa shape index (κ1) is 20.2. The number of ether oxygens (including phenoxy) is 2. The Morgan fingerprint density at radius 2 is 1.86 bits per heavy atom. The predicted octanol–water partition coefficient (Wildman–Crippen LogP) is 0.990. The van der Waals surface area contributed by atoms with Crippen LogP contribution in [0.15, 0.2) is 4.99 Å². The second-order valence-electron chi connectivity index (χ2n) is 4.49. The number of nitrogens with zero attached hydrogens (tertiary/aromatic N) is 3. The van der Waals surface area contributed by atoms with Crippen LogP contribution in [-0.2, 0) is 9.47 Å². The molecule has 0 atom stereocenters. The number of aliphatic imine (C=N–C) groups is 1. The van der Waals surface area contributed by atoms with Crippen molar-refractivity contribution in [1.82, 2.24) is 15.1 Å². The Labute approximate surface area is 144 Å². The third-order valence-electron chi connectivity index (χ3n) is 3.13. The maximum Gasteiger partial charge on any atom is 0.409 e. The molecule has 1 rings (SSSR count). The number of rotatable bonds is 5. The Morgan fingerprint density at radius 1 is 1.24 bits per heavy atom. The fraction of sp³-hybridized carbons (Fsp3) is 0.846. The van der Waals surface area contributed by atoms with Crippen LogP contribution in [0.25, 0.3) is 0 Å². The molecule has 0 aromatic rings. The fourth-order valence-corrected chi connectivity index (χ4v) is 2.06. The van der Waals surface area contributed by atoms with Gasteiger partial charge in [-0.1, -0.05) is 0 Å². The Balaban J connectivity index is 0.00000400. The summed E-state index contributed by atoms with van der Waals surface area (Å²) < 4.78 is 10.0. The summed E-state index contributed by atoms with van der Waals surface area (Å²) in [6.07, 6.45) is 0.716. The van der Waals surface area contributed by atoms with Crippen molar-refractivity contribution in [2.45, 2.75) is 13.3 Å². The molecule has 1 saturated heterocycles. The summed E-state index contributed by atoms with van der Waals surface area (Å²) in [5, 5.41) is 3.30. The number of hydrogen-bond acceptors (Lipinski definition) is 4. The molecule has 0 spiro atoms. The van der Waals surface area contributed by atoms with Gasteiger partial charge in [-0.15, -0.1) is 24.0 Å². The number of nitrogens with one attached hydrogen (secondary N) is 1. The molecule has 0 unspecified atom stereocenters. The van der Waals surface area contributed by atoms with E-state index in [-0.39, 0.29) is 30.1 Å². The van der Waals surface area contributed by atoms with Crippen LogP contribution in [0.5, 0.6) is 0 Å². The van der Waals surface area contributed by atoms with Crippen LogP contribution in [-0.4, -0.2) is 81.9 Å². The average molecular weight is 414 g/mol. The zero-order valence-corrected chi connectivity index (χ0v) is 15.5. The van der Waals surface area contributed by atoms with Gasteiger partial charge in [-0.3, -0.25) is 4.99 Å². The van der Waals surface area contributed by atoms with Crippen LogP contribution in [0.2, 0.25) is 0 Å². The third-order valence-corrected chi connectivity index (χ3v) is 3.13. The lowest BCUT2D eigenvalue weighted by Crippen LogP contribution is -2.54. The van der Waals surface area contributed by atoms with Gasteiger partial charge >= 0.3 is 6.09 Å². The molecule has 0 saturated carbocycles. The lowest BCUT2D eigenvalue weighted by Gasteiger charge is -2.35. The second-order valence-corrected chi connectivity index (χ2v) is 4.49. The predicted molar refractivity (Wildman–Crippen MR) is 93.4 cm³/mol. The van der Waals surface area contributed by atoms with Gasteiger partial charge in [0.2, 0.25) is 0 Å². The highest BCUT2D eigenvalue weighted by molar-refractivity contribution is 14.0. The third kappa shape index (κ3) is 7.16. The molecule has 0 aromatic carbocycles. The van der Waals surface area contributed by atoms with Gasteiger partial charge in [0.15, 0.2) is 5.96 Å². The molecule has 1 aliphatic rings. The second kappa shape index (κ2) is 11.8. The van der Waals surface area contributed by atoms with Crippen LogP contribution in [0.4, 0.5) is 4.79 Å². The van der Waals surface area contributed by atoms with Crippen LogP contribution in [0.3, 0.4) is 0 Å². The maximum atomic E-state index is 11.6. The fourth-order valence-electron chi connectivity index (χ4n) is 2.06. The van der Waals surface area contributed by atoms with Gasteiger partial charge in [0, 0.05) is 53.5 Å². The highest BCUT2D eigenvalue weighted by Gasteiger charge is 2.23. The van der Waals surface area contributed by atoms with E-state index in [0.717, 1.165) is 38.6 Å². The van der Waals surface area contributed by atoms with Crippen LogP contribution >= 0.6 is 24.0 Å².